The van der Waals surface area contributed by atoms with Crippen LogP contribution in [-0.4, -0.2) is 29.2 Å². The van der Waals surface area contributed by atoms with E-state index in [9.17, 15) is 9.59 Å². The maximum Gasteiger partial charge on any atom is 0.308 e. The summed E-state index contributed by atoms with van der Waals surface area (Å²) < 4.78 is 10.5. The lowest BCUT2D eigenvalue weighted by molar-refractivity contribution is -0.155. The molecule has 0 spiro atoms. The largest absolute Gasteiger partial charge is 0.467 e. The quantitative estimate of drug-likeness (QED) is 0.746. The number of hydrogen-bond acceptors (Lipinski definition) is 5. The SMILES string of the molecule is CC(C)C(=O)OCC(=O)N1N=C(c2ccc(Cl)cc2)C[C@@H]1c1ccco1. The maximum absolute atomic E-state index is 12.6. The molecule has 26 heavy (non-hydrogen) atoms. The number of carbonyl (C=O) groups is 2. The number of amides is 1. The molecule has 1 aromatic heterocycles. The first-order valence-corrected chi connectivity index (χ1v) is 8.69. The molecular formula is C19H19ClN2O4. The number of ether oxygens (including phenoxy) is 1. The van der Waals surface area contributed by atoms with Crippen LogP contribution >= 0.6 is 11.6 Å². The molecule has 6 nitrogen and oxygen atoms in total. The Hall–Kier alpha value is -2.60. The van der Waals surface area contributed by atoms with Gasteiger partial charge in [-0.1, -0.05) is 37.6 Å². The lowest BCUT2D eigenvalue weighted by Crippen LogP contribution is -2.31. The average Bonchev–Trinajstić information content (AvgIpc) is 3.29. The highest BCUT2D eigenvalue weighted by Crippen LogP contribution is 2.33. The van der Waals surface area contributed by atoms with E-state index in [1.165, 1.54) is 5.01 Å². The number of rotatable bonds is 5. The van der Waals surface area contributed by atoms with Crippen molar-refractivity contribution in [3.05, 3.63) is 59.0 Å². The fraction of sp³-hybridized carbons (Fsp3) is 0.316. The minimum Gasteiger partial charge on any atom is -0.467 e. The number of hydrazone groups is 1. The van der Waals surface area contributed by atoms with Crippen molar-refractivity contribution in [1.29, 1.82) is 0 Å². The molecule has 136 valence electrons. The maximum atomic E-state index is 12.6. The van der Waals surface area contributed by atoms with Gasteiger partial charge in [0.15, 0.2) is 6.61 Å². The van der Waals surface area contributed by atoms with Crippen molar-refractivity contribution < 1.29 is 18.7 Å². The van der Waals surface area contributed by atoms with Crippen LogP contribution in [-0.2, 0) is 14.3 Å². The molecule has 1 aliphatic rings. The minimum atomic E-state index is -0.422. The van der Waals surface area contributed by atoms with Gasteiger partial charge in [-0.25, -0.2) is 5.01 Å². The van der Waals surface area contributed by atoms with Crippen molar-refractivity contribution in [2.24, 2.45) is 11.0 Å². The van der Waals surface area contributed by atoms with Crippen LogP contribution in [0.5, 0.6) is 0 Å². The Labute approximate surface area is 156 Å². The summed E-state index contributed by atoms with van der Waals surface area (Å²) in [6.07, 6.45) is 2.05. The van der Waals surface area contributed by atoms with Crippen molar-refractivity contribution >= 4 is 29.2 Å². The van der Waals surface area contributed by atoms with E-state index >= 15 is 0 Å². The van der Waals surface area contributed by atoms with Crippen molar-refractivity contribution in [2.45, 2.75) is 26.3 Å². The van der Waals surface area contributed by atoms with Crippen LogP contribution < -0.4 is 0 Å². The number of furan rings is 1. The molecule has 2 aromatic rings. The van der Waals surface area contributed by atoms with E-state index < -0.39 is 11.9 Å². The molecule has 2 heterocycles. The highest BCUT2D eigenvalue weighted by Gasteiger charge is 2.35. The summed E-state index contributed by atoms with van der Waals surface area (Å²) >= 11 is 5.94. The van der Waals surface area contributed by atoms with E-state index in [0.717, 1.165) is 11.3 Å². The molecule has 0 bridgehead atoms. The predicted octanol–water partition coefficient (Wildman–Crippen LogP) is 3.81. The molecule has 0 aliphatic carbocycles. The summed E-state index contributed by atoms with van der Waals surface area (Å²) in [5.74, 6) is -0.491. The van der Waals surface area contributed by atoms with Crippen LogP contribution in [0.2, 0.25) is 5.02 Å². The zero-order valence-electron chi connectivity index (χ0n) is 14.5. The van der Waals surface area contributed by atoms with Crippen molar-refractivity contribution in [3.63, 3.8) is 0 Å². The third kappa shape index (κ3) is 3.96. The number of hydrogen-bond donors (Lipinski definition) is 0. The molecule has 0 fully saturated rings. The Balaban J connectivity index is 1.81. The van der Waals surface area contributed by atoms with Gasteiger partial charge >= 0.3 is 5.97 Å². The molecule has 0 radical (unpaired) electrons. The molecule has 1 aliphatic heterocycles. The van der Waals surface area contributed by atoms with Crippen LogP contribution in [0.4, 0.5) is 0 Å². The number of benzene rings is 1. The zero-order valence-corrected chi connectivity index (χ0v) is 15.3. The van der Waals surface area contributed by atoms with Gasteiger partial charge in [0, 0.05) is 11.4 Å². The third-order valence-electron chi connectivity index (χ3n) is 4.02. The van der Waals surface area contributed by atoms with Crippen molar-refractivity contribution in [1.82, 2.24) is 5.01 Å². The fourth-order valence-corrected chi connectivity index (χ4v) is 2.75. The van der Waals surface area contributed by atoms with Crippen LogP contribution in [0.15, 0.2) is 52.2 Å². The van der Waals surface area contributed by atoms with Crippen molar-refractivity contribution in [2.75, 3.05) is 6.61 Å². The van der Waals surface area contributed by atoms with E-state index in [2.05, 4.69) is 5.10 Å². The van der Waals surface area contributed by atoms with Crippen LogP contribution in [0.3, 0.4) is 0 Å². The first kappa shape index (κ1) is 18.2. The van der Waals surface area contributed by atoms with Gasteiger partial charge < -0.3 is 9.15 Å². The molecule has 3 rings (SSSR count). The van der Waals surface area contributed by atoms with E-state index in [4.69, 9.17) is 20.8 Å². The first-order chi connectivity index (χ1) is 12.5. The first-order valence-electron chi connectivity index (χ1n) is 8.31. The van der Waals surface area contributed by atoms with Gasteiger partial charge in [0.25, 0.3) is 5.91 Å². The topological polar surface area (TPSA) is 72.1 Å². The highest BCUT2D eigenvalue weighted by atomic mass is 35.5. The van der Waals surface area contributed by atoms with Crippen molar-refractivity contribution in [3.8, 4) is 0 Å². The summed E-state index contributed by atoms with van der Waals surface area (Å²) in [6, 6.07) is 10.4. The zero-order chi connectivity index (χ0) is 18.7. The van der Waals surface area contributed by atoms with Gasteiger partial charge in [0.1, 0.15) is 11.8 Å². The van der Waals surface area contributed by atoms with Crippen LogP contribution in [0.1, 0.15) is 37.6 Å². The summed E-state index contributed by atoms with van der Waals surface area (Å²) in [7, 11) is 0. The molecule has 0 saturated carbocycles. The molecule has 1 atom stereocenters. The lowest BCUT2D eigenvalue weighted by atomic mass is 10.0. The van der Waals surface area contributed by atoms with Gasteiger partial charge in [0.05, 0.1) is 17.9 Å². The fourth-order valence-electron chi connectivity index (χ4n) is 2.63. The van der Waals surface area contributed by atoms with E-state index in [1.54, 1.807) is 44.4 Å². The van der Waals surface area contributed by atoms with Crippen LogP contribution in [0.25, 0.3) is 0 Å². The van der Waals surface area contributed by atoms with E-state index in [1.807, 2.05) is 12.1 Å². The van der Waals surface area contributed by atoms with Gasteiger partial charge in [-0.2, -0.15) is 5.10 Å². The molecule has 1 aromatic carbocycles. The number of nitrogens with zero attached hydrogens (tertiary/aromatic N) is 2. The number of carbonyl (C=O) groups excluding carboxylic acids is 2. The summed E-state index contributed by atoms with van der Waals surface area (Å²) in [5, 5.41) is 6.41. The Morgan fingerprint density at radius 2 is 2.04 bits per heavy atom. The Bertz CT molecular complexity index is 813. The van der Waals surface area contributed by atoms with Gasteiger partial charge in [0.2, 0.25) is 0 Å². The Morgan fingerprint density at radius 3 is 2.65 bits per heavy atom. The summed E-state index contributed by atoms with van der Waals surface area (Å²) in [4.78, 5) is 24.2. The van der Waals surface area contributed by atoms with E-state index in [0.29, 0.717) is 17.2 Å². The van der Waals surface area contributed by atoms with Gasteiger partial charge in [-0.3, -0.25) is 9.59 Å². The minimum absolute atomic E-state index is 0.296. The predicted molar refractivity (Wildman–Crippen MR) is 96.7 cm³/mol. The third-order valence-corrected chi connectivity index (χ3v) is 4.28. The molecule has 0 saturated heterocycles. The second-order valence-electron chi connectivity index (χ2n) is 6.29. The molecular weight excluding hydrogens is 356 g/mol. The molecule has 7 heteroatoms. The summed E-state index contributed by atoms with van der Waals surface area (Å²) in [6.45, 7) is 3.07. The molecule has 1 amide bonds. The van der Waals surface area contributed by atoms with Gasteiger partial charge in [-0.15, -0.1) is 0 Å². The second-order valence-corrected chi connectivity index (χ2v) is 6.73. The number of halogens is 1. The normalized spacial score (nSPS) is 16.7. The smallest absolute Gasteiger partial charge is 0.308 e. The Morgan fingerprint density at radius 1 is 1.31 bits per heavy atom. The molecule has 0 unspecified atom stereocenters. The van der Waals surface area contributed by atoms with Crippen LogP contribution in [0, 0.1) is 5.92 Å². The standard InChI is InChI=1S/C19H19ClN2O4/c1-12(2)19(24)26-11-18(23)22-16(17-4-3-9-25-17)10-15(21-22)13-5-7-14(20)8-6-13/h3-9,12,16H,10-11H2,1-2H3/t16-/m1/s1. The lowest BCUT2D eigenvalue weighted by Gasteiger charge is -2.19. The van der Waals surface area contributed by atoms with E-state index in [-0.39, 0.29) is 18.6 Å². The molecule has 0 N–H and O–H groups in total. The van der Waals surface area contributed by atoms with Gasteiger partial charge in [-0.05, 0) is 29.8 Å². The number of esters is 1. The monoisotopic (exact) mass is 374 g/mol. The Kier molecular flexibility index (Phi) is 5.42. The second kappa shape index (κ2) is 7.74. The summed E-state index contributed by atoms with van der Waals surface area (Å²) in [5.41, 5.74) is 1.62. The highest BCUT2D eigenvalue weighted by molar-refractivity contribution is 6.30. The average molecular weight is 375 g/mol.